The summed E-state index contributed by atoms with van der Waals surface area (Å²) >= 11 is 6.73. The Morgan fingerprint density at radius 3 is 2.66 bits per heavy atom. The van der Waals surface area contributed by atoms with E-state index in [1.807, 2.05) is 33.8 Å². The van der Waals surface area contributed by atoms with E-state index >= 15 is 0 Å². The zero-order valence-electron chi connectivity index (χ0n) is 20.5. The second-order valence-electron chi connectivity index (χ2n) is 6.99. The lowest BCUT2D eigenvalue weighted by Gasteiger charge is -2.06. The maximum Gasteiger partial charge on any atom is 0.296 e. The highest BCUT2D eigenvalue weighted by atomic mass is 32.1. The number of halogens is 1. The summed E-state index contributed by atoms with van der Waals surface area (Å²) in [5.74, 6) is 4.97. The highest BCUT2D eigenvalue weighted by Gasteiger charge is 2.16. The number of nitrogens with one attached hydrogen (secondary N) is 2. The van der Waals surface area contributed by atoms with Gasteiger partial charge in [-0.3, -0.25) is 9.59 Å². The molecule has 0 radical (unpaired) electrons. The molecule has 0 spiro atoms. The summed E-state index contributed by atoms with van der Waals surface area (Å²) in [5.41, 5.74) is 1.11. The number of amides is 1. The lowest BCUT2D eigenvalue weighted by Crippen LogP contribution is -2.23. The van der Waals surface area contributed by atoms with Crippen LogP contribution >= 0.6 is 23.6 Å². The number of hydrogen-bond donors (Lipinski definition) is 2. The first-order valence-electron chi connectivity index (χ1n) is 10.9. The summed E-state index contributed by atoms with van der Waals surface area (Å²) < 4.78 is 12.4. The van der Waals surface area contributed by atoms with Gasteiger partial charge in [0.05, 0.1) is 16.8 Å². The van der Waals surface area contributed by atoms with E-state index in [0.29, 0.717) is 41.0 Å². The van der Waals surface area contributed by atoms with E-state index < -0.39 is 5.91 Å². The minimum Gasteiger partial charge on any atom is -0.345 e. The third-order valence-electron chi connectivity index (χ3n) is 4.14. The Hall–Kier alpha value is -3.42. The van der Waals surface area contributed by atoms with Crippen molar-refractivity contribution in [2.24, 2.45) is 0 Å². The van der Waals surface area contributed by atoms with Crippen molar-refractivity contribution in [3.8, 4) is 17.7 Å². The van der Waals surface area contributed by atoms with Gasteiger partial charge in [0.25, 0.3) is 11.5 Å². The fourth-order valence-corrected chi connectivity index (χ4v) is 4.09. The first-order chi connectivity index (χ1) is 16.6. The molecule has 3 aromatic rings. The van der Waals surface area contributed by atoms with E-state index in [1.165, 1.54) is 22.8 Å². The molecule has 0 bridgehead atoms. The SMILES string of the molecule is C=C(C)F.CC.Cc1ccnc(-n2c(=S)[nH]c3sc(C)c(C#CC(=O)NCCCC=O)c3c2=O)c1. The minimum absolute atomic E-state index is 0.245. The molecule has 0 aliphatic rings. The molecule has 10 heteroatoms. The van der Waals surface area contributed by atoms with Crippen LogP contribution in [0, 0.1) is 30.5 Å². The zero-order chi connectivity index (χ0) is 26.5. The van der Waals surface area contributed by atoms with E-state index in [-0.39, 0.29) is 16.2 Å². The van der Waals surface area contributed by atoms with Gasteiger partial charge in [0.1, 0.15) is 16.9 Å². The number of fused-ring (bicyclic) bond motifs is 1. The van der Waals surface area contributed by atoms with Crippen LogP contribution in [-0.2, 0) is 9.59 Å². The van der Waals surface area contributed by atoms with Crippen molar-refractivity contribution in [1.29, 1.82) is 0 Å². The van der Waals surface area contributed by atoms with E-state index in [0.717, 1.165) is 16.7 Å². The second kappa shape index (κ2) is 14.8. The van der Waals surface area contributed by atoms with Gasteiger partial charge in [0, 0.05) is 30.0 Å². The molecule has 186 valence electrons. The summed E-state index contributed by atoms with van der Waals surface area (Å²) in [6, 6.07) is 3.60. The van der Waals surface area contributed by atoms with Crippen LogP contribution in [0.2, 0.25) is 0 Å². The van der Waals surface area contributed by atoms with Crippen molar-refractivity contribution in [2.75, 3.05) is 6.54 Å². The van der Waals surface area contributed by atoms with Gasteiger partial charge in [0.2, 0.25) is 0 Å². The Morgan fingerprint density at radius 2 is 2.06 bits per heavy atom. The number of aldehydes is 1. The van der Waals surface area contributed by atoms with Gasteiger partial charge < -0.3 is 15.1 Å². The Bertz CT molecular complexity index is 1370. The molecule has 0 saturated carbocycles. The Balaban J connectivity index is 0.000000926. The van der Waals surface area contributed by atoms with Gasteiger partial charge >= 0.3 is 0 Å². The summed E-state index contributed by atoms with van der Waals surface area (Å²) in [6.45, 7) is 12.3. The lowest BCUT2D eigenvalue weighted by molar-refractivity contribution is -0.116. The number of allylic oxidation sites excluding steroid dienone is 1. The van der Waals surface area contributed by atoms with Crippen molar-refractivity contribution in [3.05, 3.63) is 61.9 Å². The van der Waals surface area contributed by atoms with Crippen LogP contribution in [-0.4, -0.2) is 33.3 Å². The average molecular weight is 517 g/mol. The van der Waals surface area contributed by atoms with Crippen molar-refractivity contribution in [3.63, 3.8) is 0 Å². The number of carbonyl (C=O) groups excluding carboxylic acids is 2. The lowest BCUT2D eigenvalue weighted by atomic mass is 10.2. The fourth-order valence-electron chi connectivity index (χ4n) is 2.75. The Morgan fingerprint density at radius 1 is 1.40 bits per heavy atom. The molecule has 0 aliphatic heterocycles. The fraction of sp³-hybridized carbons (Fsp3) is 0.320. The first kappa shape index (κ1) is 29.6. The molecule has 3 rings (SSSR count). The van der Waals surface area contributed by atoms with Crippen LogP contribution < -0.4 is 10.9 Å². The van der Waals surface area contributed by atoms with Crippen molar-refractivity contribution in [2.45, 2.75) is 47.5 Å². The molecule has 3 heterocycles. The number of hydrogen-bond acceptors (Lipinski definition) is 6. The molecule has 0 saturated heterocycles. The van der Waals surface area contributed by atoms with Crippen molar-refractivity contribution < 1.29 is 14.0 Å². The van der Waals surface area contributed by atoms with E-state index in [2.05, 4.69) is 33.7 Å². The molecular formula is C25H29FN4O3S2. The normalized spacial score (nSPS) is 9.54. The summed E-state index contributed by atoms with van der Waals surface area (Å²) in [4.78, 5) is 44.2. The number of aromatic nitrogens is 3. The van der Waals surface area contributed by atoms with Crippen LogP contribution in [0.5, 0.6) is 0 Å². The maximum atomic E-state index is 13.2. The quantitative estimate of drug-likeness (QED) is 0.213. The predicted octanol–water partition coefficient (Wildman–Crippen LogP) is 5.08. The molecule has 0 aromatic carbocycles. The van der Waals surface area contributed by atoms with Crippen molar-refractivity contribution >= 4 is 46.0 Å². The third-order valence-corrected chi connectivity index (χ3v) is 5.45. The molecular weight excluding hydrogens is 487 g/mol. The summed E-state index contributed by atoms with van der Waals surface area (Å²) in [5, 5.41) is 3.01. The van der Waals surface area contributed by atoms with Gasteiger partial charge in [-0.2, -0.15) is 0 Å². The maximum absolute atomic E-state index is 13.2. The average Bonchev–Trinajstić information content (AvgIpc) is 3.11. The molecule has 35 heavy (non-hydrogen) atoms. The van der Waals surface area contributed by atoms with Crippen LogP contribution in [0.15, 0.2) is 35.5 Å². The van der Waals surface area contributed by atoms with E-state index in [1.54, 1.807) is 12.3 Å². The third kappa shape index (κ3) is 8.70. The number of carbonyl (C=O) groups is 2. The monoisotopic (exact) mass is 516 g/mol. The number of pyridine rings is 1. The number of thiophene rings is 1. The molecule has 2 N–H and O–H groups in total. The highest BCUT2D eigenvalue weighted by Crippen LogP contribution is 2.26. The van der Waals surface area contributed by atoms with E-state index in [9.17, 15) is 18.8 Å². The van der Waals surface area contributed by atoms with Crippen molar-refractivity contribution in [1.82, 2.24) is 19.9 Å². The van der Waals surface area contributed by atoms with Crippen LogP contribution in [0.25, 0.3) is 16.0 Å². The number of aromatic amines is 1. The highest BCUT2D eigenvalue weighted by molar-refractivity contribution is 7.71. The van der Waals surface area contributed by atoms with Gasteiger partial charge in [0.15, 0.2) is 4.77 Å². The largest absolute Gasteiger partial charge is 0.345 e. The smallest absolute Gasteiger partial charge is 0.296 e. The van der Waals surface area contributed by atoms with Gasteiger partial charge in [-0.05, 0) is 57.1 Å². The topological polar surface area (TPSA) is 96.8 Å². The number of H-pyrrole nitrogens is 1. The zero-order valence-corrected chi connectivity index (χ0v) is 22.1. The van der Waals surface area contributed by atoms with Gasteiger partial charge in [-0.15, -0.1) is 11.3 Å². The molecule has 3 aromatic heterocycles. The van der Waals surface area contributed by atoms with Crippen LogP contribution in [0.3, 0.4) is 0 Å². The summed E-state index contributed by atoms with van der Waals surface area (Å²) in [6.07, 6.45) is 3.36. The predicted molar refractivity (Wildman–Crippen MR) is 142 cm³/mol. The Kier molecular flexibility index (Phi) is 12.5. The molecule has 0 aliphatic carbocycles. The van der Waals surface area contributed by atoms with Gasteiger partial charge in [-0.25, -0.2) is 13.9 Å². The van der Waals surface area contributed by atoms with Crippen LogP contribution in [0.1, 0.15) is 49.6 Å². The van der Waals surface area contributed by atoms with E-state index in [4.69, 9.17) is 12.2 Å². The van der Waals surface area contributed by atoms with Crippen LogP contribution in [0.4, 0.5) is 4.39 Å². The minimum atomic E-state index is -0.459. The standard InChI is InChI=1S/C20H18N4O3S2.C3H5F.C2H6/c1-12-7-9-21-15(11-12)24-19(27)17-14(13(2)29-18(17)23-20(24)28)5-6-16(26)22-8-3-4-10-25;1-3(2)4;1-2/h7,9-11H,3-4,8H2,1-2H3,(H,22,26)(H,23,28);1H2,2H3;1-2H3. The molecule has 0 unspecified atom stereocenters. The number of nitrogens with zero attached hydrogens (tertiary/aromatic N) is 2. The number of unbranched alkanes of at least 4 members (excludes halogenated alkanes) is 1. The molecule has 1 amide bonds. The number of rotatable bonds is 5. The summed E-state index contributed by atoms with van der Waals surface area (Å²) in [7, 11) is 0. The Labute approximate surface area is 213 Å². The molecule has 0 fully saturated rings. The number of aryl methyl sites for hydroxylation is 2. The van der Waals surface area contributed by atoms with Gasteiger partial charge in [-0.1, -0.05) is 26.3 Å². The second-order valence-corrected chi connectivity index (χ2v) is 8.60. The molecule has 7 nitrogen and oxygen atoms in total. The first-order valence-corrected chi connectivity index (χ1v) is 12.1. The molecule has 0 atom stereocenters.